The Kier molecular flexibility index (Phi) is 5.85. The van der Waals surface area contributed by atoms with E-state index in [9.17, 15) is 8.42 Å². The Bertz CT molecular complexity index is 1210. The summed E-state index contributed by atoms with van der Waals surface area (Å²) in [4.78, 5) is 17.9. The number of fused-ring (bicyclic) bond motifs is 1. The highest BCUT2D eigenvalue weighted by atomic mass is 35.5. The van der Waals surface area contributed by atoms with Crippen molar-refractivity contribution in [2.45, 2.75) is 4.90 Å². The third-order valence-electron chi connectivity index (χ3n) is 5.81. The van der Waals surface area contributed by atoms with Crippen LogP contribution in [0.3, 0.4) is 0 Å². The third-order valence-corrected chi connectivity index (χ3v) is 7.93. The molecular weight excluding hydrogens is 452 g/mol. The van der Waals surface area contributed by atoms with Gasteiger partial charge in [0.05, 0.1) is 18.7 Å². The van der Waals surface area contributed by atoms with Crippen molar-refractivity contribution in [3.63, 3.8) is 0 Å². The Morgan fingerprint density at radius 2 is 1.62 bits per heavy atom. The van der Waals surface area contributed by atoms with Gasteiger partial charge in [-0.15, -0.1) is 0 Å². The predicted molar refractivity (Wildman–Crippen MR) is 123 cm³/mol. The molecule has 5 rings (SSSR count). The van der Waals surface area contributed by atoms with Crippen LogP contribution in [-0.2, 0) is 14.8 Å². The normalized spacial score (nSPS) is 18.3. The van der Waals surface area contributed by atoms with Crippen LogP contribution in [0.5, 0.6) is 0 Å². The SMILES string of the molecule is O=S(=O)(c1ccc(N2CCN(c3ncnc4cc(Cl)ccc34)CC2)nc1)N1CCOCC1. The van der Waals surface area contributed by atoms with E-state index >= 15 is 0 Å². The van der Waals surface area contributed by atoms with E-state index in [1.165, 1.54) is 10.5 Å². The standard InChI is InChI=1S/C21H23ClN6O3S/c22-16-1-3-18-19(13-16)24-15-25-21(18)27-7-5-26(6-8-27)20-4-2-17(14-23-20)32(29,30)28-9-11-31-12-10-28/h1-4,13-15H,5-12H2. The molecular formula is C21H23ClN6O3S. The number of hydrogen-bond acceptors (Lipinski definition) is 8. The number of morpholine rings is 1. The summed E-state index contributed by atoms with van der Waals surface area (Å²) in [5.41, 5.74) is 0.823. The Hall–Kier alpha value is -2.53. The molecule has 0 saturated carbocycles. The molecule has 32 heavy (non-hydrogen) atoms. The molecule has 3 aromatic rings. The molecule has 2 saturated heterocycles. The summed E-state index contributed by atoms with van der Waals surface area (Å²) >= 11 is 6.09. The minimum Gasteiger partial charge on any atom is -0.379 e. The van der Waals surface area contributed by atoms with Gasteiger partial charge in [-0.05, 0) is 30.3 Å². The van der Waals surface area contributed by atoms with Crippen molar-refractivity contribution < 1.29 is 13.2 Å². The number of ether oxygens (including phenoxy) is 1. The van der Waals surface area contributed by atoms with Crippen LogP contribution < -0.4 is 9.80 Å². The minimum atomic E-state index is -3.54. The van der Waals surface area contributed by atoms with E-state index < -0.39 is 10.0 Å². The number of rotatable bonds is 4. The number of benzene rings is 1. The average Bonchev–Trinajstić information content (AvgIpc) is 2.84. The topological polar surface area (TPSA) is 91.8 Å². The highest BCUT2D eigenvalue weighted by Crippen LogP contribution is 2.27. The summed E-state index contributed by atoms with van der Waals surface area (Å²) in [7, 11) is -3.54. The molecule has 0 unspecified atom stereocenters. The lowest BCUT2D eigenvalue weighted by atomic mass is 10.2. The lowest BCUT2D eigenvalue weighted by molar-refractivity contribution is 0.0730. The van der Waals surface area contributed by atoms with Gasteiger partial charge in [0.1, 0.15) is 22.9 Å². The van der Waals surface area contributed by atoms with Crippen LogP contribution in [0.1, 0.15) is 0 Å². The van der Waals surface area contributed by atoms with Crippen LogP contribution in [0.4, 0.5) is 11.6 Å². The van der Waals surface area contributed by atoms with Crippen molar-refractivity contribution in [3.05, 3.63) is 47.9 Å². The predicted octanol–water partition coefficient (Wildman–Crippen LogP) is 2.03. The zero-order chi connectivity index (χ0) is 22.1. The lowest BCUT2D eigenvalue weighted by Crippen LogP contribution is -2.47. The number of aromatic nitrogens is 3. The number of nitrogens with zero attached hydrogens (tertiary/aromatic N) is 6. The number of halogens is 1. The van der Waals surface area contributed by atoms with E-state index in [1.807, 2.05) is 18.2 Å². The van der Waals surface area contributed by atoms with Gasteiger partial charge in [-0.2, -0.15) is 4.31 Å². The molecule has 11 heteroatoms. The zero-order valence-electron chi connectivity index (χ0n) is 17.4. The van der Waals surface area contributed by atoms with Crippen molar-refractivity contribution in [1.82, 2.24) is 19.3 Å². The smallest absolute Gasteiger partial charge is 0.244 e. The number of sulfonamides is 1. The molecule has 0 aliphatic carbocycles. The molecule has 2 fully saturated rings. The van der Waals surface area contributed by atoms with Crippen molar-refractivity contribution in [2.75, 3.05) is 62.3 Å². The molecule has 2 aliphatic rings. The molecule has 0 N–H and O–H groups in total. The molecule has 4 heterocycles. The van der Waals surface area contributed by atoms with E-state index in [4.69, 9.17) is 16.3 Å². The Morgan fingerprint density at radius 1 is 0.875 bits per heavy atom. The molecule has 0 radical (unpaired) electrons. The minimum absolute atomic E-state index is 0.216. The van der Waals surface area contributed by atoms with Crippen LogP contribution >= 0.6 is 11.6 Å². The maximum Gasteiger partial charge on any atom is 0.244 e. The van der Waals surface area contributed by atoms with Gasteiger partial charge in [-0.1, -0.05) is 11.6 Å². The molecule has 1 aromatic carbocycles. The fraction of sp³-hybridized carbons (Fsp3) is 0.381. The van der Waals surface area contributed by atoms with Gasteiger partial charge in [0.15, 0.2) is 0 Å². The van der Waals surface area contributed by atoms with Crippen molar-refractivity contribution in [3.8, 4) is 0 Å². The molecule has 0 spiro atoms. The highest BCUT2D eigenvalue weighted by Gasteiger charge is 2.27. The first kappa shape index (κ1) is 21.3. The first-order valence-electron chi connectivity index (χ1n) is 10.5. The van der Waals surface area contributed by atoms with Gasteiger partial charge in [0, 0.05) is 55.9 Å². The van der Waals surface area contributed by atoms with E-state index in [2.05, 4.69) is 24.8 Å². The number of pyridine rings is 1. The first-order valence-corrected chi connectivity index (χ1v) is 12.3. The van der Waals surface area contributed by atoms with E-state index in [1.54, 1.807) is 18.5 Å². The second kappa shape index (κ2) is 8.78. The molecule has 0 amide bonds. The monoisotopic (exact) mass is 474 g/mol. The van der Waals surface area contributed by atoms with E-state index in [-0.39, 0.29) is 4.90 Å². The van der Waals surface area contributed by atoms with Gasteiger partial charge in [0.25, 0.3) is 0 Å². The van der Waals surface area contributed by atoms with Gasteiger partial charge >= 0.3 is 0 Å². The van der Waals surface area contributed by atoms with Crippen molar-refractivity contribution >= 4 is 44.2 Å². The molecule has 9 nitrogen and oxygen atoms in total. The first-order chi connectivity index (χ1) is 15.5. The maximum absolute atomic E-state index is 12.8. The van der Waals surface area contributed by atoms with Crippen LogP contribution in [-0.4, -0.2) is 80.2 Å². The zero-order valence-corrected chi connectivity index (χ0v) is 19.0. The number of hydrogen-bond donors (Lipinski definition) is 0. The fourth-order valence-electron chi connectivity index (χ4n) is 4.06. The van der Waals surface area contributed by atoms with Crippen molar-refractivity contribution in [1.29, 1.82) is 0 Å². The molecule has 0 bridgehead atoms. The lowest BCUT2D eigenvalue weighted by Gasteiger charge is -2.36. The summed E-state index contributed by atoms with van der Waals surface area (Å²) in [6, 6.07) is 9.07. The van der Waals surface area contributed by atoms with Crippen molar-refractivity contribution in [2.24, 2.45) is 0 Å². The second-order valence-corrected chi connectivity index (χ2v) is 10.1. The largest absolute Gasteiger partial charge is 0.379 e. The Morgan fingerprint density at radius 3 is 2.34 bits per heavy atom. The molecule has 168 valence electrons. The van der Waals surface area contributed by atoms with Gasteiger partial charge < -0.3 is 14.5 Å². The second-order valence-electron chi connectivity index (χ2n) is 7.70. The van der Waals surface area contributed by atoms with Crippen LogP contribution in [0.2, 0.25) is 5.02 Å². The van der Waals surface area contributed by atoms with Crippen LogP contribution in [0, 0.1) is 0 Å². The molecule has 2 aliphatic heterocycles. The van der Waals surface area contributed by atoms with E-state index in [0.29, 0.717) is 31.3 Å². The quantitative estimate of drug-likeness (QED) is 0.567. The van der Waals surface area contributed by atoms with Gasteiger partial charge in [-0.3, -0.25) is 0 Å². The summed E-state index contributed by atoms with van der Waals surface area (Å²) in [6.07, 6.45) is 3.02. The summed E-state index contributed by atoms with van der Waals surface area (Å²) in [5, 5.41) is 1.62. The maximum atomic E-state index is 12.8. The van der Waals surface area contributed by atoms with Gasteiger partial charge in [0.2, 0.25) is 10.0 Å². The van der Waals surface area contributed by atoms with Crippen LogP contribution in [0.25, 0.3) is 10.9 Å². The number of piperazine rings is 1. The summed E-state index contributed by atoms with van der Waals surface area (Å²) in [6.45, 7) is 4.62. The number of anilines is 2. The highest BCUT2D eigenvalue weighted by molar-refractivity contribution is 7.89. The summed E-state index contributed by atoms with van der Waals surface area (Å²) < 4.78 is 32.3. The Balaban J connectivity index is 1.28. The van der Waals surface area contributed by atoms with E-state index in [0.717, 1.165) is 48.7 Å². The molecule has 0 atom stereocenters. The third kappa shape index (κ3) is 4.11. The van der Waals surface area contributed by atoms with Gasteiger partial charge in [-0.25, -0.2) is 23.4 Å². The van der Waals surface area contributed by atoms with Crippen LogP contribution in [0.15, 0.2) is 47.8 Å². The Labute approximate surface area is 191 Å². The summed E-state index contributed by atoms with van der Waals surface area (Å²) in [5.74, 6) is 1.66. The average molecular weight is 475 g/mol. The fourth-order valence-corrected chi connectivity index (χ4v) is 5.58. The molecule has 2 aromatic heterocycles.